The molecule has 26 heavy (non-hydrogen) atoms. The van der Waals surface area contributed by atoms with E-state index in [9.17, 15) is 4.79 Å². The number of Topliss-reactive ketones (excluding diaryl/α,β-unsaturated/α-hetero) is 1. The van der Waals surface area contributed by atoms with Crippen molar-refractivity contribution in [2.45, 2.75) is 25.0 Å². The van der Waals surface area contributed by atoms with E-state index >= 15 is 0 Å². The zero-order valence-corrected chi connectivity index (χ0v) is 15.7. The lowest BCUT2D eigenvalue weighted by atomic mass is 10.1. The number of hydrogen-bond donors (Lipinski definition) is 0. The molecule has 134 valence electrons. The quantitative estimate of drug-likeness (QED) is 0.566. The van der Waals surface area contributed by atoms with Gasteiger partial charge < -0.3 is 9.30 Å². The van der Waals surface area contributed by atoms with Crippen LogP contribution in [0.2, 0.25) is 0 Å². The molecular formula is C20H21N3O2S. The van der Waals surface area contributed by atoms with Gasteiger partial charge in [-0.2, -0.15) is 0 Å². The number of carbonyl (C=O) groups excluding carboxylic acids is 1. The van der Waals surface area contributed by atoms with Crippen LogP contribution in [-0.2, 0) is 17.8 Å². The van der Waals surface area contributed by atoms with Gasteiger partial charge in [-0.05, 0) is 31.0 Å². The van der Waals surface area contributed by atoms with Gasteiger partial charge >= 0.3 is 0 Å². The fraction of sp³-hybridized carbons (Fsp3) is 0.250. The van der Waals surface area contributed by atoms with Crippen molar-refractivity contribution in [2.24, 2.45) is 0 Å². The first-order chi connectivity index (χ1) is 12.7. The molecule has 6 heteroatoms. The summed E-state index contributed by atoms with van der Waals surface area (Å²) in [6.45, 7) is 2.31. The van der Waals surface area contributed by atoms with Crippen molar-refractivity contribution >= 4 is 17.5 Å². The summed E-state index contributed by atoms with van der Waals surface area (Å²) >= 11 is 1.42. The van der Waals surface area contributed by atoms with Crippen LogP contribution in [0.5, 0.6) is 5.75 Å². The second-order valence-corrected chi connectivity index (χ2v) is 6.83. The Morgan fingerprint density at radius 2 is 1.81 bits per heavy atom. The molecule has 0 aliphatic rings. The topological polar surface area (TPSA) is 57.0 Å². The van der Waals surface area contributed by atoms with Crippen molar-refractivity contribution < 1.29 is 9.53 Å². The number of thioether (sulfide) groups is 1. The van der Waals surface area contributed by atoms with E-state index in [1.54, 1.807) is 14.0 Å². The maximum atomic E-state index is 11.4. The Morgan fingerprint density at radius 1 is 1.08 bits per heavy atom. The largest absolute Gasteiger partial charge is 0.496 e. The van der Waals surface area contributed by atoms with Crippen LogP contribution in [-0.4, -0.2) is 33.4 Å². The number of rotatable bonds is 8. The second-order valence-electron chi connectivity index (χ2n) is 5.88. The third kappa shape index (κ3) is 4.32. The summed E-state index contributed by atoms with van der Waals surface area (Å²) in [5, 5.41) is 9.45. The second kappa shape index (κ2) is 8.67. The lowest BCUT2D eigenvalue weighted by Gasteiger charge is -2.12. The Bertz CT molecular complexity index is 878. The predicted octanol–water partition coefficient (Wildman–Crippen LogP) is 3.88. The monoisotopic (exact) mass is 367 g/mol. The van der Waals surface area contributed by atoms with Gasteiger partial charge in [-0.3, -0.25) is 4.79 Å². The van der Waals surface area contributed by atoms with Crippen LogP contribution in [0.25, 0.3) is 11.4 Å². The molecule has 3 rings (SSSR count). The fourth-order valence-electron chi connectivity index (χ4n) is 2.68. The average Bonchev–Trinajstić information content (AvgIpc) is 3.08. The molecule has 3 aromatic rings. The first kappa shape index (κ1) is 18.2. The van der Waals surface area contributed by atoms with E-state index in [4.69, 9.17) is 4.74 Å². The van der Waals surface area contributed by atoms with Gasteiger partial charge in [0, 0.05) is 6.54 Å². The SMILES string of the molecule is COc1ccccc1-c1nnc(SCC(C)=O)n1CCc1ccccc1. The van der Waals surface area contributed by atoms with Gasteiger partial charge in [0.25, 0.3) is 0 Å². The summed E-state index contributed by atoms with van der Waals surface area (Å²) in [6, 6.07) is 18.1. The predicted molar refractivity (Wildman–Crippen MR) is 104 cm³/mol. The van der Waals surface area contributed by atoms with Crippen molar-refractivity contribution in [1.82, 2.24) is 14.8 Å². The van der Waals surface area contributed by atoms with Gasteiger partial charge in [-0.25, -0.2) is 0 Å². The normalized spacial score (nSPS) is 10.7. The molecule has 0 radical (unpaired) electrons. The van der Waals surface area contributed by atoms with E-state index in [0.717, 1.165) is 35.3 Å². The van der Waals surface area contributed by atoms with Crippen LogP contribution in [0.3, 0.4) is 0 Å². The Hall–Kier alpha value is -2.60. The molecule has 0 fully saturated rings. The number of nitrogens with zero attached hydrogens (tertiary/aromatic N) is 3. The number of para-hydroxylation sites is 1. The van der Waals surface area contributed by atoms with Gasteiger partial charge in [0.05, 0.1) is 18.4 Å². The van der Waals surface area contributed by atoms with Crippen molar-refractivity contribution in [3.8, 4) is 17.1 Å². The summed E-state index contributed by atoms with van der Waals surface area (Å²) in [7, 11) is 1.65. The Morgan fingerprint density at radius 3 is 2.54 bits per heavy atom. The maximum absolute atomic E-state index is 11.4. The third-order valence-electron chi connectivity index (χ3n) is 3.94. The molecule has 0 bridgehead atoms. The smallest absolute Gasteiger partial charge is 0.191 e. The number of ether oxygens (including phenoxy) is 1. The highest BCUT2D eigenvalue weighted by atomic mass is 32.2. The minimum atomic E-state index is 0.117. The van der Waals surface area contributed by atoms with Gasteiger partial charge in [0.15, 0.2) is 11.0 Å². The van der Waals surface area contributed by atoms with E-state index in [1.807, 2.05) is 42.5 Å². The van der Waals surface area contributed by atoms with E-state index in [2.05, 4.69) is 26.9 Å². The van der Waals surface area contributed by atoms with Gasteiger partial charge in [-0.1, -0.05) is 54.2 Å². The van der Waals surface area contributed by atoms with Crippen molar-refractivity contribution in [3.05, 3.63) is 60.2 Å². The van der Waals surface area contributed by atoms with Crippen LogP contribution >= 0.6 is 11.8 Å². The number of hydrogen-bond acceptors (Lipinski definition) is 5. The number of aryl methyl sites for hydroxylation is 1. The van der Waals surface area contributed by atoms with E-state index < -0.39 is 0 Å². The molecule has 1 aromatic heterocycles. The molecule has 0 spiro atoms. The highest BCUT2D eigenvalue weighted by Crippen LogP contribution is 2.31. The molecule has 5 nitrogen and oxygen atoms in total. The lowest BCUT2D eigenvalue weighted by molar-refractivity contribution is -0.114. The number of ketones is 1. The van der Waals surface area contributed by atoms with Crippen LogP contribution in [0.15, 0.2) is 59.8 Å². The maximum Gasteiger partial charge on any atom is 0.191 e. The fourth-order valence-corrected chi connectivity index (χ4v) is 3.44. The summed E-state index contributed by atoms with van der Waals surface area (Å²) < 4.78 is 7.55. The first-order valence-electron chi connectivity index (χ1n) is 8.42. The number of methoxy groups -OCH3 is 1. The third-order valence-corrected chi connectivity index (χ3v) is 5.05. The molecule has 0 saturated heterocycles. The molecule has 1 heterocycles. The molecule has 2 aromatic carbocycles. The minimum Gasteiger partial charge on any atom is -0.496 e. The van der Waals surface area contributed by atoms with Gasteiger partial charge in [0.1, 0.15) is 11.5 Å². The van der Waals surface area contributed by atoms with Gasteiger partial charge in [-0.15, -0.1) is 10.2 Å². The molecule has 0 aliphatic heterocycles. The van der Waals surface area contributed by atoms with Gasteiger partial charge in [0.2, 0.25) is 0 Å². The van der Waals surface area contributed by atoms with Crippen LogP contribution in [0.4, 0.5) is 0 Å². The zero-order chi connectivity index (χ0) is 18.4. The summed E-state index contributed by atoms with van der Waals surface area (Å²) in [6.07, 6.45) is 0.856. The first-order valence-corrected chi connectivity index (χ1v) is 9.40. The van der Waals surface area contributed by atoms with E-state index in [0.29, 0.717) is 5.75 Å². The lowest BCUT2D eigenvalue weighted by Crippen LogP contribution is -2.07. The Balaban J connectivity index is 1.94. The minimum absolute atomic E-state index is 0.117. The van der Waals surface area contributed by atoms with E-state index in [1.165, 1.54) is 17.3 Å². The molecule has 0 unspecified atom stereocenters. The van der Waals surface area contributed by atoms with Crippen LogP contribution < -0.4 is 4.74 Å². The zero-order valence-electron chi connectivity index (χ0n) is 14.9. The molecule has 0 saturated carbocycles. The molecule has 0 atom stereocenters. The van der Waals surface area contributed by atoms with Crippen molar-refractivity contribution in [1.29, 1.82) is 0 Å². The number of benzene rings is 2. The number of aromatic nitrogens is 3. The molecular weight excluding hydrogens is 346 g/mol. The summed E-state index contributed by atoms with van der Waals surface area (Å²) in [4.78, 5) is 11.4. The Labute approximate surface area is 157 Å². The highest BCUT2D eigenvalue weighted by molar-refractivity contribution is 7.99. The highest BCUT2D eigenvalue weighted by Gasteiger charge is 2.17. The molecule has 0 aliphatic carbocycles. The standard InChI is InChI=1S/C20H21N3O2S/c1-15(24)14-26-20-22-21-19(17-10-6-7-11-18(17)25-2)23(20)13-12-16-8-4-3-5-9-16/h3-11H,12-14H2,1-2H3. The molecule has 0 N–H and O–H groups in total. The number of carbonyl (C=O) groups is 1. The summed E-state index contributed by atoms with van der Waals surface area (Å²) in [5.74, 6) is 2.01. The van der Waals surface area contributed by atoms with Crippen molar-refractivity contribution in [3.63, 3.8) is 0 Å². The van der Waals surface area contributed by atoms with E-state index in [-0.39, 0.29) is 5.78 Å². The van der Waals surface area contributed by atoms with Crippen LogP contribution in [0.1, 0.15) is 12.5 Å². The van der Waals surface area contributed by atoms with Crippen molar-refractivity contribution in [2.75, 3.05) is 12.9 Å². The van der Waals surface area contributed by atoms with Crippen LogP contribution in [0, 0.1) is 0 Å². The summed E-state index contributed by atoms with van der Waals surface area (Å²) in [5.41, 5.74) is 2.14. The molecule has 0 amide bonds. The Kier molecular flexibility index (Phi) is 6.07. The average molecular weight is 367 g/mol.